The maximum Gasteiger partial charge on any atom is 0.243 e. The van der Waals surface area contributed by atoms with Crippen molar-refractivity contribution in [3.05, 3.63) is 24.3 Å². The fraction of sp³-hybridized carbons (Fsp3) is 0.625. The van der Waals surface area contributed by atoms with Crippen molar-refractivity contribution in [1.29, 1.82) is 0 Å². The van der Waals surface area contributed by atoms with Gasteiger partial charge in [-0.05, 0) is 44.5 Å². The Labute approximate surface area is 133 Å². The number of ether oxygens (including phenoxy) is 2. The molecule has 1 aromatic carbocycles. The van der Waals surface area contributed by atoms with E-state index in [1.54, 1.807) is 24.3 Å². The van der Waals surface area contributed by atoms with Gasteiger partial charge in [0.1, 0.15) is 5.75 Å². The second kappa shape index (κ2) is 7.44. The summed E-state index contributed by atoms with van der Waals surface area (Å²) >= 11 is 0. The maximum atomic E-state index is 12.7. The van der Waals surface area contributed by atoms with Gasteiger partial charge >= 0.3 is 0 Å². The summed E-state index contributed by atoms with van der Waals surface area (Å²) in [5.41, 5.74) is 0. The maximum absolute atomic E-state index is 12.7. The molecule has 0 spiro atoms. The van der Waals surface area contributed by atoms with Gasteiger partial charge < -0.3 is 9.47 Å². The van der Waals surface area contributed by atoms with Gasteiger partial charge in [0.05, 0.1) is 23.7 Å². The van der Waals surface area contributed by atoms with Crippen molar-refractivity contribution in [2.24, 2.45) is 0 Å². The molecule has 1 aromatic rings. The molecule has 2 rings (SSSR count). The minimum Gasteiger partial charge on any atom is -0.494 e. The predicted molar refractivity (Wildman–Crippen MR) is 85.6 cm³/mol. The lowest BCUT2D eigenvalue weighted by molar-refractivity contribution is -0.0440. The summed E-state index contributed by atoms with van der Waals surface area (Å²) in [6, 6.07) is 6.66. The summed E-state index contributed by atoms with van der Waals surface area (Å²) in [4.78, 5) is 0.302. The van der Waals surface area contributed by atoms with Crippen molar-refractivity contribution in [3.63, 3.8) is 0 Å². The van der Waals surface area contributed by atoms with Crippen LogP contribution in [0.5, 0.6) is 5.75 Å². The Balaban J connectivity index is 2.09. The minimum absolute atomic E-state index is 0.0878. The molecule has 1 saturated heterocycles. The first-order valence-electron chi connectivity index (χ1n) is 7.82. The Bertz CT molecular complexity index is 560. The van der Waals surface area contributed by atoms with E-state index in [-0.39, 0.29) is 12.2 Å². The molecule has 0 unspecified atom stereocenters. The van der Waals surface area contributed by atoms with E-state index in [9.17, 15) is 8.42 Å². The van der Waals surface area contributed by atoms with Crippen LogP contribution in [0.2, 0.25) is 0 Å². The van der Waals surface area contributed by atoms with Gasteiger partial charge in [-0.15, -0.1) is 0 Å². The van der Waals surface area contributed by atoms with Crippen LogP contribution in [0.15, 0.2) is 29.2 Å². The lowest BCUT2D eigenvalue weighted by Crippen LogP contribution is -2.48. The molecule has 0 N–H and O–H groups in total. The normalized spacial score (nSPS) is 23.4. The van der Waals surface area contributed by atoms with Crippen LogP contribution in [0.4, 0.5) is 0 Å². The number of morpholine rings is 1. The fourth-order valence-electron chi connectivity index (χ4n) is 2.52. The van der Waals surface area contributed by atoms with Gasteiger partial charge in [-0.25, -0.2) is 8.42 Å². The Morgan fingerprint density at radius 1 is 1.18 bits per heavy atom. The van der Waals surface area contributed by atoms with E-state index in [4.69, 9.17) is 9.47 Å². The van der Waals surface area contributed by atoms with Gasteiger partial charge in [-0.1, -0.05) is 13.3 Å². The van der Waals surface area contributed by atoms with Crippen molar-refractivity contribution >= 4 is 10.0 Å². The van der Waals surface area contributed by atoms with Crippen molar-refractivity contribution < 1.29 is 17.9 Å². The first-order valence-corrected chi connectivity index (χ1v) is 9.26. The van der Waals surface area contributed by atoms with Crippen LogP contribution in [-0.4, -0.2) is 44.6 Å². The minimum atomic E-state index is -3.47. The van der Waals surface area contributed by atoms with Crippen LogP contribution < -0.4 is 4.74 Å². The number of rotatable bonds is 6. The van der Waals surface area contributed by atoms with Crippen molar-refractivity contribution in [2.75, 3.05) is 19.7 Å². The highest BCUT2D eigenvalue weighted by molar-refractivity contribution is 7.89. The zero-order chi connectivity index (χ0) is 16.2. The molecule has 1 aliphatic heterocycles. The van der Waals surface area contributed by atoms with Crippen LogP contribution in [-0.2, 0) is 14.8 Å². The van der Waals surface area contributed by atoms with E-state index in [2.05, 4.69) is 6.92 Å². The summed E-state index contributed by atoms with van der Waals surface area (Å²) in [6.07, 6.45) is 1.88. The standard InChI is InChI=1S/C16H25NO4S/c1-4-5-10-20-15-6-8-16(9-7-15)22(18,19)17-11-13(2)21-14(3)12-17/h6-9,13-14H,4-5,10-12H2,1-3H3/t13-,14-/m1/s1. The Morgan fingerprint density at radius 2 is 1.77 bits per heavy atom. The molecule has 0 amide bonds. The number of hydrogen-bond acceptors (Lipinski definition) is 4. The molecule has 0 aliphatic carbocycles. The molecule has 0 bridgehead atoms. The monoisotopic (exact) mass is 327 g/mol. The molecule has 5 nitrogen and oxygen atoms in total. The average Bonchev–Trinajstić information content (AvgIpc) is 2.47. The van der Waals surface area contributed by atoms with Gasteiger partial charge in [0, 0.05) is 13.1 Å². The summed E-state index contributed by atoms with van der Waals surface area (Å²) in [5.74, 6) is 0.705. The van der Waals surface area contributed by atoms with Crippen LogP contribution in [0.3, 0.4) is 0 Å². The number of unbranched alkanes of at least 4 members (excludes halogenated alkanes) is 1. The lowest BCUT2D eigenvalue weighted by Gasteiger charge is -2.34. The molecular weight excluding hydrogens is 302 g/mol. The molecule has 124 valence electrons. The molecule has 2 atom stereocenters. The molecule has 22 heavy (non-hydrogen) atoms. The van der Waals surface area contributed by atoms with Crippen LogP contribution in [0, 0.1) is 0 Å². The zero-order valence-electron chi connectivity index (χ0n) is 13.5. The number of benzene rings is 1. The topological polar surface area (TPSA) is 55.8 Å². The highest BCUT2D eigenvalue weighted by Crippen LogP contribution is 2.23. The largest absolute Gasteiger partial charge is 0.494 e. The number of hydrogen-bond donors (Lipinski definition) is 0. The third-order valence-corrected chi connectivity index (χ3v) is 5.46. The van der Waals surface area contributed by atoms with Crippen molar-refractivity contribution in [2.45, 2.75) is 50.7 Å². The fourth-order valence-corrected chi connectivity index (χ4v) is 4.11. The predicted octanol–water partition coefficient (Wildman–Crippen LogP) is 2.66. The van der Waals surface area contributed by atoms with Gasteiger partial charge in [-0.3, -0.25) is 0 Å². The van der Waals surface area contributed by atoms with Gasteiger partial charge in [-0.2, -0.15) is 4.31 Å². The van der Waals surface area contributed by atoms with E-state index in [1.807, 2.05) is 13.8 Å². The summed E-state index contributed by atoms with van der Waals surface area (Å²) in [5, 5.41) is 0. The molecular formula is C16H25NO4S. The van der Waals surface area contributed by atoms with E-state index in [0.29, 0.717) is 30.3 Å². The number of sulfonamides is 1. The van der Waals surface area contributed by atoms with Crippen LogP contribution in [0.25, 0.3) is 0 Å². The summed E-state index contributed by atoms with van der Waals surface area (Å²) < 4.78 is 38.0. The van der Waals surface area contributed by atoms with Gasteiger partial charge in [0.25, 0.3) is 0 Å². The van der Waals surface area contributed by atoms with E-state index in [1.165, 1.54) is 4.31 Å². The number of nitrogens with zero attached hydrogens (tertiary/aromatic N) is 1. The zero-order valence-corrected chi connectivity index (χ0v) is 14.3. The molecule has 0 radical (unpaired) electrons. The molecule has 1 heterocycles. The van der Waals surface area contributed by atoms with E-state index in [0.717, 1.165) is 12.8 Å². The summed E-state index contributed by atoms with van der Waals surface area (Å²) in [6.45, 7) is 7.32. The van der Waals surface area contributed by atoms with Crippen LogP contribution >= 0.6 is 0 Å². The van der Waals surface area contributed by atoms with Crippen LogP contribution in [0.1, 0.15) is 33.6 Å². The smallest absolute Gasteiger partial charge is 0.243 e. The Kier molecular flexibility index (Phi) is 5.83. The van der Waals surface area contributed by atoms with E-state index < -0.39 is 10.0 Å². The first kappa shape index (κ1) is 17.2. The van der Waals surface area contributed by atoms with Crippen molar-refractivity contribution in [3.8, 4) is 5.75 Å². The SMILES string of the molecule is CCCCOc1ccc(S(=O)(=O)N2C[C@@H](C)O[C@H](C)C2)cc1. The van der Waals surface area contributed by atoms with E-state index >= 15 is 0 Å². The molecule has 1 aliphatic rings. The second-order valence-corrected chi connectivity index (χ2v) is 7.69. The van der Waals surface area contributed by atoms with Gasteiger partial charge in [0.2, 0.25) is 10.0 Å². The average molecular weight is 327 g/mol. The first-order chi connectivity index (χ1) is 10.4. The lowest BCUT2D eigenvalue weighted by atomic mass is 10.3. The quantitative estimate of drug-likeness (QED) is 0.754. The highest BCUT2D eigenvalue weighted by atomic mass is 32.2. The Hall–Kier alpha value is -1.11. The summed E-state index contributed by atoms with van der Waals surface area (Å²) in [7, 11) is -3.47. The molecule has 0 saturated carbocycles. The second-order valence-electron chi connectivity index (χ2n) is 5.75. The third kappa shape index (κ3) is 4.21. The highest BCUT2D eigenvalue weighted by Gasteiger charge is 2.32. The third-order valence-electron chi connectivity index (χ3n) is 3.61. The van der Waals surface area contributed by atoms with Crippen molar-refractivity contribution in [1.82, 2.24) is 4.31 Å². The molecule has 1 fully saturated rings. The molecule has 6 heteroatoms. The molecule has 0 aromatic heterocycles. The Morgan fingerprint density at radius 3 is 2.32 bits per heavy atom. The van der Waals surface area contributed by atoms with Gasteiger partial charge in [0.15, 0.2) is 0 Å².